The molecule has 0 radical (unpaired) electrons. The Balaban J connectivity index is 2.40. The Morgan fingerprint density at radius 3 is 3.08 bits per heavy atom. The predicted octanol–water partition coefficient (Wildman–Crippen LogP) is -0.120. The first-order valence-corrected chi connectivity index (χ1v) is 4.19. The fourth-order valence-electron chi connectivity index (χ4n) is 1.26. The number of hydrogen-bond acceptors (Lipinski definition) is 4. The van der Waals surface area contributed by atoms with E-state index in [1.54, 1.807) is 0 Å². The van der Waals surface area contributed by atoms with E-state index in [4.69, 9.17) is 4.74 Å². The standard InChI is InChI=1S/C8H15NO3/c1-3-9-4-5-12-7(6-9)8(10)11-2/h7H,3-6H2,1-2H3/t7-/m0/s1. The Morgan fingerprint density at radius 1 is 1.75 bits per heavy atom. The summed E-state index contributed by atoms with van der Waals surface area (Å²) < 4.78 is 9.84. The lowest BCUT2D eigenvalue weighted by Gasteiger charge is -2.30. The normalized spacial score (nSPS) is 25.3. The molecule has 70 valence electrons. The maximum Gasteiger partial charge on any atom is 0.336 e. The second kappa shape index (κ2) is 4.42. The second-order valence-electron chi connectivity index (χ2n) is 2.78. The van der Waals surface area contributed by atoms with Crippen molar-refractivity contribution in [2.24, 2.45) is 0 Å². The predicted molar refractivity (Wildman–Crippen MR) is 43.9 cm³/mol. The summed E-state index contributed by atoms with van der Waals surface area (Å²) in [6.45, 7) is 5.21. The van der Waals surface area contributed by atoms with Gasteiger partial charge >= 0.3 is 5.97 Å². The van der Waals surface area contributed by atoms with Crippen LogP contribution in [0.3, 0.4) is 0 Å². The Hall–Kier alpha value is -0.610. The lowest BCUT2D eigenvalue weighted by atomic mass is 10.3. The van der Waals surface area contributed by atoms with Gasteiger partial charge in [0.15, 0.2) is 6.10 Å². The number of carbonyl (C=O) groups excluding carboxylic acids is 1. The summed E-state index contributed by atoms with van der Waals surface area (Å²) >= 11 is 0. The molecule has 1 aliphatic heterocycles. The number of carbonyl (C=O) groups is 1. The minimum absolute atomic E-state index is 0.270. The minimum atomic E-state index is -0.385. The average molecular weight is 173 g/mol. The topological polar surface area (TPSA) is 38.8 Å². The van der Waals surface area contributed by atoms with Gasteiger partial charge in [0.2, 0.25) is 0 Å². The van der Waals surface area contributed by atoms with E-state index in [2.05, 4.69) is 16.6 Å². The zero-order valence-corrected chi connectivity index (χ0v) is 7.58. The van der Waals surface area contributed by atoms with Gasteiger partial charge in [0.25, 0.3) is 0 Å². The number of methoxy groups -OCH3 is 1. The van der Waals surface area contributed by atoms with Crippen LogP contribution in [-0.4, -0.2) is 50.3 Å². The largest absolute Gasteiger partial charge is 0.467 e. The van der Waals surface area contributed by atoms with E-state index < -0.39 is 0 Å². The van der Waals surface area contributed by atoms with Crippen LogP contribution < -0.4 is 0 Å². The van der Waals surface area contributed by atoms with Gasteiger partial charge in [0.05, 0.1) is 13.7 Å². The Morgan fingerprint density at radius 2 is 2.50 bits per heavy atom. The quantitative estimate of drug-likeness (QED) is 0.546. The number of likely N-dealkylation sites (N-methyl/N-ethyl adjacent to an activating group) is 1. The fraction of sp³-hybridized carbons (Fsp3) is 0.875. The highest BCUT2D eigenvalue weighted by Gasteiger charge is 2.26. The molecule has 0 aromatic heterocycles. The van der Waals surface area contributed by atoms with Gasteiger partial charge in [-0.2, -0.15) is 0 Å². The third-order valence-corrected chi connectivity index (χ3v) is 2.06. The van der Waals surface area contributed by atoms with Crippen LogP contribution in [0.4, 0.5) is 0 Å². The van der Waals surface area contributed by atoms with Crippen LogP contribution >= 0.6 is 0 Å². The van der Waals surface area contributed by atoms with Crippen molar-refractivity contribution in [2.45, 2.75) is 13.0 Å². The maximum atomic E-state index is 11.1. The van der Waals surface area contributed by atoms with Crippen LogP contribution in [0, 0.1) is 0 Å². The third kappa shape index (κ3) is 2.19. The molecular weight excluding hydrogens is 158 g/mol. The molecule has 0 aromatic carbocycles. The SMILES string of the molecule is CCN1CCO[C@H](C(=O)OC)C1. The van der Waals surface area contributed by atoms with E-state index in [9.17, 15) is 4.79 Å². The van der Waals surface area contributed by atoms with E-state index in [-0.39, 0.29) is 12.1 Å². The van der Waals surface area contributed by atoms with Gasteiger partial charge in [-0.1, -0.05) is 6.92 Å². The third-order valence-electron chi connectivity index (χ3n) is 2.06. The minimum Gasteiger partial charge on any atom is -0.467 e. The zero-order valence-electron chi connectivity index (χ0n) is 7.58. The number of morpholine rings is 1. The van der Waals surface area contributed by atoms with E-state index in [0.717, 1.165) is 13.1 Å². The van der Waals surface area contributed by atoms with Crippen molar-refractivity contribution in [3.63, 3.8) is 0 Å². The first-order valence-electron chi connectivity index (χ1n) is 4.19. The highest BCUT2D eigenvalue weighted by Crippen LogP contribution is 2.05. The highest BCUT2D eigenvalue weighted by atomic mass is 16.6. The lowest BCUT2D eigenvalue weighted by molar-refractivity contribution is -0.159. The van der Waals surface area contributed by atoms with E-state index in [1.165, 1.54) is 7.11 Å². The number of rotatable bonds is 2. The van der Waals surface area contributed by atoms with Crippen molar-refractivity contribution < 1.29 is 14.3 Å². The molecule has 1 rings (SSSR count). The summed E-state index contributed by atoms with van der Waals surface area (Å²) in [4.78, 5) is 13.2. The Bertz CT molecular complexity index is 160. The van der Waals surface area contributed by atoms with Crippen LogP contribution in [0.2, 0.25) is 0 Å². The molecule has 12 heavy (non-hydrogen) atoms. The molecule has 0 spiro atoms. The van der Waals surface area contributed by atoms with Crippen molar-refractivity contribution in [1.82, 2.24) is 4.90 Å². The van der Waals surface area contributed by atoms with Crippen LogP contribution in [0.5, 0.6) is 0 Å². The highest BCUT2D eigenvalue weighted by molar-refractivity contribution is 5.74. The smallest absolute Gasteiger partial charge is 0.336 e. The molecule has 0 saturated carbocycles. The van der Waals surface area contributed by atoms with Gasteiger partial charge in [-0.15, -0.1) is 0 Å². The van der Waals surface area contributed by atoms with Crippen molar-refractivity contribution in [2.75, 3.05) is 33.4 Å². The maximum absolute atomic E-state index is 11.1. The van der Waals surface area contributed by atoms with Gasteiger partial charge in [-0.05, 0) is 6.54 Å². The molecule has 1 saturated heterocycles. The lowest BCUT2D eigenvalue weighted by Crippen LogP contribution is -2.46. The van der Waals surface area contributed by atoms with Gasteiger partial charge in [0.1, 0.15) is 0 Å². The molecule has 0 unspecified atom stereocenters. The van der Waals surface area contributed by atoms with Crippen molar-refractivity contribution >= 4 is 5.97 Å². The molecular formula is C8H15NO3. The number of esters is 1. The molecule has 1 atom stereocenters. The molecule has 1 heterocycles. The van der Waals surface area contributed by atoms with E-state index in [1.807, 2.05) is 0 Å². The van der Waals surface area contributed by atoms with Crippen LogP contribution in [0.25, 0.3) is 0 Å². The average Bonchev–Trinajstić information content (AvgIpc) is 2.17. The van der Waals surface area contributed by atoms with Gasteiger partial charge < -0.3 is 9.47 Å². The second-order valence-corrected chi connectivity index (χ2v) is 2.78. The first kappa shape index (κ1) is 9.48. The van der Waals surface area contributed by atoms with Gasteiger partial charge in [-0.3, -0.25) is 4.90 Å². The molecule has 4 nitrogen and oxygen atoms in total. The molecule has 0 aliphatic carbocycles. The summed E-state index contributed by atoms with van der Waals surface area (Å²) in [6, 6.07) is 0. The van der Waals surface area contributed by atoms with Gasteiger partial charge in [-0.25, -0.2) is 4.79 Å². The summed E-state index contributed by atoms with van der Waals surface area (Å²) in [6.07, 6.45) is -0.385. The monoisotopic (exact) mass is 173 g/mol. The van der Waals surface area contributed by atoms with E-state index >= 15 is 0 Å². The first-order chi connectivity index (χ1) is 5.77. The van der Waals surface area contributed by atoms with Crippen molar-refractivity contribution in [1.29, 1.82) is 0 Å². The summed E-state index contributed by atoms with van der Waals surface area (Å²) in [5.41, 5.74) is 0. The summed E-state index contributed by atoms with van der Waals surface area (Å²) in [7, 11) is 1.39. The molecule has 1 aliphatic rings. The molecule has 0 aromatic rings. The van der Waals surface area contributed by atoms with Crippen LogP contribution in [0.1, 0.15) is 6.92 Å². The zero-order chi connectivity index (χ0) is 8.97. The van der Waals surface area contributed by atoms with E-state index in [0.29, 0.717) is 13.2 Å². The molecule has 0 bridgehead atoms. The number of nitrogens with zero attached hydrogens (tertiary/aromatic N) is 1. The van der Waals surface area contributed by atoms with Crippen molar-refractivity contribution in [3.05, 3.63) is 0 Å². The Labute approximate surface area is 72.4 Å². The van der Waals surface area contributed by atoms with Crippen LogP contribution in [0.15, 0.2) is 0 Å². The van der Waals surface area contributed by atoms with Crippen molar-refractivity contribution in [3.8, 4) is 0 Å². The Kier molecular flexibility index (Phi) is 3.49. The number of hydrogen-bond donors (Lipinski definition) is 0. The number of ether oxygens (including phenoxy) is 2. The molecule has 0 amide bonds. The van der Waals surface area contributed by atoms with Gasteiger partial charge in [0, 0.05) is 13.1 Å². The summed E-state index contributed by atoms with van der Waals surface area (Å²) in [5.74, 6) is -0.270. The van der Waals surface area contributed by atoms with Crippen LogP contribution in [-0.2, 0) is 14.3 Å². The summed E-state index contributed by atoms with van der Waals surface area (Å²) in [5, 5.41) is 0. The molecule has 1 fully saturated rings. The fourth-order valence-corrected chi connectivity index (χ4v) is 1.26. The molecule has 0 N–H and O–H groups in total. The molecule has 4 heteroatoms.